The average Bonchev–Trinajstić information content (AvgIpc) is 2.68. The molecular formula is C9H18N2O3S2. The van der Waals surface area contributed by atoms with Crippen LogP contribution < -0.4 is 10.5 Å². The summed E-state index contributed by atoms with van der Waals surface area (Å²) in [6.07, 6.45) is 1.81. The lowest BCUT2D eigenvalue weighted by Crippen LogP contribution is -2.47. The SMILES string of the molecule is CC(NS(=O)(=O)C(C)C(N)=S)C1CCCO1. The molecule has 0 aromatic heterocycles. The lowest BCUT2D eigenvalue weighted by molar-refractivity contribution is 0.0902. The van der Waals surface area contributed by atoms with Crippen molar-refractivity contribution in [2.45, 2.75) is 44.1 Å². The van der Waals surface area contributed by atoms with Crippen molar-refractivity contribution in [3.05, 3.63) is 0 Å². The van der Waals surface area contributed by atoms with Gasteiger partial charge < -0.3 is 10.5 Å². The van der Waals surface area contributed by atoms with Crippen molar-refractivity contribution in [1.82, 2.24) is 4.72 Å². The van der Waals surface area contributed by atoms with Crippen LogP contribution in [0.25, 0.3) is 0 Å². The summed E-state index contributed by atoms with van der Waals surface area (Å²) in [5, 5.41) is -0.855. The molecule has 5 nitrogen and oxygen atoms in total. The molecule has 0 saturated carbocycles. The molecule has 0 amide bonds. The Morgan fingerprint density at radius 2 is 2.19 bits per heavy atom. The van der Waals surface area contributed by atoms with Crippen LogP contribution in [0.1, 0.15) is 26.7 Å². The predicted molar refractivity (Wildman–Crippen MR) is 66.7 cm³/mol. The summed E-state index contributed by atoms with van der Waals surface area (Å²) >= 11 is 4.68. The maximum absolute atomic E-state index is 11.8. The normalized spacial score (nSPS) is 25.2. The monoisotopic (exact) mass is 266 g/mol. The van der Waals surface area contributed by atoms with Crippen molar-refractivity contribution in [3.63, 3.8) is 0 Å². The molecule has 0 spiro atoms. The molecular weight excluding hydrogens is 248 g/mol. The van der Waals surface area contributed by atoms with Gasteiger partial charge in [0.15, 0.2) is 0 Å². The van der Waals surface area contributed by atoms with E-state index in [1.165, 1.54) is 6.92 Å². The van der Waals surface area contributed by atoms with E-state index >= 15 is 0 Å². The van der Waals surface area contributed by atoms with Crippen LogP contribution in [0.15, 0.2) is 0 Å². The summed E-state index contributed by atoms with van der Waals surface area (Å²) < 4.78 is 31.6. The zero-order valence-corrected chi connectivity index (χ0v) is 11.1. The third kappa shape index (κ3) is 3.38. The average molecular weight is 266 g/mol. The van der Waals surface area contributed by atoms with Crippen LogP contribution in [0.3, 0.4) is 0 Å². The maximum Gasteiger partial charge on any atom is 0.221 e. The van der Waals surface area contributed by atoms with Gasteiger partial charge in [-0.05, 0) is 26.7 Å². The van der Waals surface area contributed by atoms with Crippen LogP contribution in [0, 0.1) is 0 Å². The second kappa shape index (κ2) is 5.39. The van der Waals surface area contributed by atoms with Crippen LogP contribution >= 0.6 is 12.2 Å². The second-order valence-electron chi connectivity index (χ2n) is 4.05. The molecule has 1 fully saturated rings. The largest absolute Gasteiger partial charge is 0.392 e. The van der Waals surface area contributed by atoms with Gasteiger partial charge in [0.1, 0.15) is 5.25 Å². The minimum Gasteiger partial charge on any atom is -0.392 e. The molecule has 16 heavy (non-hydrogen) atoms. The molecule has 3 N–H and O–H groups in total. The predicted octanol–water partition coefficient (Wildman–Crippen LogP) is 0.148. The molecule has 3 atom stereocenters. The van der Waals surface area contributed by atoms with E-state index in [-0.39, 0.29) is 17.1 Å². The Labute approximate surface area is 102 Å². The molecule has 3 unspecified atom stereocenters. The molecule has 0 bridgehead atoms. The van der Waals surface area contributed by atoms with Crippen molar-refractivity contribution < 1.29 is 13.2 Å². The van der Waals surface area contributed by atoms with Gasteiger partial charge in [0, 0.05) is 12.6 Å². The van der Waals surface area contributed by atoms with E-state index in [1.807, 2.05) is 0 Å². The molecule has 0 aromatic carbocycles. The zero-order valence-electron chi connectivity index (χ0n) is 9.47. The van der Waals surface area contributed by atoms with Crippen molar-refractivity contribution in [2.24, 2.45) is 5.73 Å². The van der Waals surface area contributed by atoms with E-state index in [4.69, 9.17) is 10.5 Å². The highest BCUT2D eigenvalue weighted by Gasteiger charge is 2.30. The molecule has 7 heteroatoms. The summed E-state index contributed by atoms with van der Waals surface area (Å²) in [4.78, 5) is -0.0213. The fourth-order valence-corrected chi connectivity index (χ4v) is 3.15. The summed E-state index contributed by atoms with van der Waals surface area (Å²) in [6, 6.07) is -0.246. The van der Waals surface area contributed by atoms with Crippen molar-refractivity contribution >= 4 is 27.2 Å². The van der Waals surface area contributed by atoms with Gasteiger partial charge in [-0.2, -0.15) is 0 Å². The molecule has 0 aliphatic carbocycles. The lowest BCUT2D eigenvalue weighted by Gasteiger charge is -2.22. The summed E-state index contributed by atoms with van der Waals surface area (Å²) in [5.74, 6) is 0. The quantitative estimate of drug-likeness (QED) is 0.692. The van der Waals surface area contributed by atoms with E-state index in [9.17, 15) is 8.42 Å². The van der Waals surface area contributed by atoms with E-state index in [0.717, 1.165) is 12.8 Å². The molecule has 1 saturated heterocycles. The Balaban J connectivity index is 2.61. The van der Waals surface area contributed by atoms with E-state index in [0.29, 0.717) is 6.61 Å². The number of ether oxygens (including phenoxy) is 1. The molecule has 1 rings (SSSR count). The van der Waals surface area contributed by atoms with E-state index in [2.05, 4.69) is 16.9 Å². The molecule has 1 heterocycles. The smallest absolute Gasteiger partial charge is 0.221 e. The Morgan fingerprint density at radius 1 is 1.56 bits per heavy atom. The minimum atomic E-state index is -3.49. The van der Waals surface area contributed by atoms with Gasteiger partial charge in [0.05, 0.1) is 11.1 Å². The Morgan fingerprint density at radius 3 is 2.62 bits per heavy atom. The Kier molecular flexibility index (Phi) is 4.66. The number of sulfonamides is 1. The fourth-order valence-electron chi connectivity index (χ4n) is 1.59. The second-order valence-corrected chi connectivity index (χ2v) is 6.55. The van der Waals surface area contributed by atoms with Gasteiger partial charge in [0.2, 0.25) is 10.0 Å². The van der Waals surface area contributed by atoms with Gasteiger partial charge in [-0.1, -0.05) is 12.2 Å². The molecule has 1 aliphatic rings. The van der Waals surface area contributed by atoms with Gasteiger partial charge in [-0.15, -0.1) is 0 Å². The number of hydrogen-bond donors (Lipinski definition) is 2. The highest BCUT2D eigenvalue weighted by Crippen LogP contribution is 2.16. The first-order valence-electron chi connectivity index (χ1n) is 5.26. The molecule has 0 aromatic rings. The third-order valence-corrected chi connectivity index (χ3v) is 5.13. The van der Waals surface area contributed by atoms with Crippen LogP contribution in [0.2, 0.25) is 0 Å². The standard InChI is InChI=1S/C9H18N2O3S2/c1-6(8-4-3-5-14-8)11-16(12,13)7(2)9(10)15/h6-8,11H,3-5H2,1-2H3,(H2,10,15). The van der Waals surface area contributed by atoms with Gasteiger partial charge in [0.25, 0.3) is 0 Å². The number of thiocarbonyl (C=S) groups is 1. The van der Waals surface area contributed by atoms with Crippen molar-refractivity contribution in [2.75, 3.05) is 6.61 Å². The first-order valence-corrected chi connectivity index (χ1v) is 7.22. The zero-order chi connectivity index (χ0) is 12.3. The van der Waals surface area contributed by atoms with Gasteiger partial charge in [-0.25, -0.2) is 13.1 Å². The topological polar surface area (TPSA) is 81.4 Å². The highest BCUT2D eigenvalue weighted by atomic mass is 32.2. The first-order chi connectivity index (χ1) is 7.34. The first kappa shape index (κ1) is 13.8. The van der Waals surface area contributed by atoms with Crippen molar-refractivity contribution in [3.8, 4) is 0 Å². The summed E-state index contributed by atoms with van der Waals surface area (Å²) in [7, 11) is -3.49. The Hall–Kier alpha value is -0.240. The van der Waals surface area contributed by atoms with Crippen LogP contribution in [-0.4, -0.2) is 37.4 Å². The van der Waals surface area contributed by atoms with E-state index in [1.54, 1.807) is 6.92 Å². The van der Waals surface area contributed by atoms with Crippen LogP contribution in [-0.2, 0) is 14.8 Å². The van der Waals surface area contributed by atoms with Crippen LogP contribution in [0.4, 0.5) is 0 Å². The number of hydrogen-bond acceptors (Lipinski definition) is 4. The van der Waals surface area contributed by atoms with Gasteiger partial charge in [-0.3, -0.25) is 0 Å². The van der Waals surface area contributed by atoms with Gasteiger partial charge >= 0.3 is 0 Å². The number of nitrogens with one attached hydrogen (secondary N) is 1. The Bertz CT molecular complexity index is 350. The number of nitrogens with two attached hydrogens (primary N) is 1. The summed E-state index contributed by atoms with van der Waals surface area (Å²) in [5.41, 5.74) is 5.33. The fraction of sp³-hybridized carbons (Fsp3) is 0.889. The van der Waals surface area contributed by atoms with E-state index < -0.39 is 15.3 Å². The number of rotatable bonds is 5. The lowest BCUT2D eigenvalue weighted by atomic mass is 10.1. The molecule has 94 valence electrons. The minimum absolute atomic E-state index is 0.0213. The third-order valence-electron chi connectivity index (χ3n) is 2.74. The maximum atomic E-state index is 11.8. The molecule has 0 radical (unpaired) electrons. The van der Waals surface area contributed by atoms with Crippen molar-refractivity contribution in [1.29, 1.82) is 0 Å². The highest BCUT2D eigenvalue weighted by molar-refractivity contribution is 7.93. The van der Waals surface area contributed by atoms with Crippen LogP contribution in [0.5, 0.6) is 0 Å². The molecule has 1 aliphatic heterocycles. The summed E-state index contributed by atoms with van der Waals surface area (Å²) in [6.45, 7) is 3.97.